The zero-order chi connectivity index (χ0) is 23.1. The summed E-state index contributed by atoms with van der Waals surface area (Å²) in [5.41, 5.74) is 2.33. The Morgan fingerprint density at radius 1 is 1.18 bits per heavy atom. The molecule has 9 heteroatoms. The van der Waals surface area contributed by atoms with Gasteiger partial charge in [0.15, 0.2) is 10.6 Å². The van der Waals surface area contributed by atoms with Crippen molar-refractivity contribution in [1.29, 1.82) is 0 Å². The number of hydrogen-bond acceptors (Lipinski definition) is 7. The van der Waals surface area contributed by atoms with Gasteiger partial charge in [0.05, 0.1) is 28.3 Å². The number of hydrogen-bond donors (Lipinski definition) is 0. The fourth-order valence-electron chi connectivity index (χ4n) is 4.29. The lowest BCUT2D eigenvalue weighted by molar-refractivity contribution is -0.384. The van der Waals surface area contributed by atoms with Crippen LogP contribution < -0.4 is 19.6 Å². The van der Waals surface area contributed by atoms with Crippen LogP contribution >= 0.6 is 11.3 Å². The highest BCUT2D eigenvalue weighted by Crippen LogP contribution is 2.36. The number of ether oxygens (including phenoxy) is 1. The van der Waals surface area contributed by atoms with Gasteiger partial charge in [0.2, 0.25) is 0 Å². The van der Waals surface area contributed by atoms with E-state index >= 15 is 0 Å². The van der Waals surface area contributed by atoms with Crippen LogP contribution in [0.5, 0.6) is 5.75 Å². The lowest BCUT2D eigenvalue weighted by Crippen LogP contribution is -2.40. The molecule has 3 aromatic rings. The third-order valence-corrected chi connectivity index (χ3v) is 6.82. The quantitative estimate of drug-likeness (QED) is 0.439. The first-order chi connectivity index (χ1) is 16.0. The van der Waals surface area contributed by atoms with Crippen LogP contribution in [-0.4, -0.2) is 22.4 Å². The maximum absolute atomic E-state index is 13.5. The third kappa shape index (κ3) is 3.70. The van der Waals surface area contributed by atoms with E-state index in [-0.39, 0.29) is 17.0 Å². The average Bonchev–Trinajstić information content (AvgIpc) is 3.13. The van der Waals surface area contributed by atoms with Crippen molar-refractivity contribution >= 4 is 28.9 Å². The van der Waals surface area contributed by atoms with E-state index in [2.05, 4.69) is 4.99 Å². The molecule has 1 aromatic heterocycles. The number of nitro groups is 1. The van der Waals surface area contributed by atoms with Crippen LogP contribution in [0, 0.1) is 10.1 Å². The molecule has 33 heavy (non-hydrogen) atoms. The van der Waals surface area contributed by atoms with E-state index in [0.29, 0.717) is 39.1 Å². The van der Waals surface area contributed by atoms with Crippen molar-refractivity contribution in [3.63, 3.8) is 0 Å². The Morgan fingerprint density at radius 2 is 1.97 bits per heavy atom. The smallest absolute Gasteiger partial charge is 0.271 e. The Labute approximate surface area is 191 Å². The minimum atomic E-state index is -0.567. The van der Waals surface area contributed by atoms with Crippen LogP contribution in [0.2, 0.25) is 0 Å². The first kappa shape index (κ1) is 21.0. The summed E-state index contributed by atoms with van der Waals surface area (Å²) in [7, 11) is 1.58. The lowest BCUT2D eigenvalue weighted by Gasteiger charge is -2.28. The topological polar surface area (TPSA) is 104 Å². The Hall–Kier alpha value is -3.85. The molecule has 0 bridgehead atoms. The molecular weight excluding hydrogens is 442 g/mol. The zero-order valence-electron chi connectivity index (χ0n) is 17.7. The molecule has 0 N–H and O–H groups in total. The van der Waals surface area contributed by atoms with Crippen molar-refractivity contribution in [2.75, 3.05) is 7.11 Å². The van der Waals surface area contributed by atoms with Crippen LogP contribution in [0.1, 0.15) is 36.4 Å². The normalized spacial score (nSPS) is 17.9. The van der Waals surface area contributed by atoms with E-state index in [0.717, 1.165) is 17.7 Å². The Bertz CT molecular complexity index is 1500. The number of methoxy groups -OCH3 is 1. The minimum Gasteiger partial charge on any atom is -0.497 e. The van der Waals surface area contributed by atoms with Crippen molar-refractivity contribution in [2.45, 2.75) is 25.3 Å². The molecular formula is C24H19N3O5S. The number of nitro benzene ring substituents is 1. The van der Waals surface area contributed by atoms with E-state index < -0.39 is 11.0 Å². The molecule has 0 radical (unpaired) electrons. The highest BCUT2D eigenvalue weighted by Gasteiger charge is 2.34. The number of aromatic nitrogens is 1. The van der Waals surface area contributed by atoms with E-state index in [1.54, 1.807) is 29.9 Å². The maximum Gasteiger partial charge on any atom is 0.271 e. The number of thiazole rings is 1. The molecule has 0 spiro atoms. The number of carbonyl (C=O) groups excluding carboxylic acids is 1. The van der Waals surface area contributed by atoms with E-state index in [4.69, 9.17) is 4.74 Å². The molecule has 1 unspecified atom stereocenters. The number of benzene rings is 2. The number of rotatable bonds is 4. The van der Waals surface area contributed by atoms with Crippen LogP contribution in [0.3, 0.4) is 0 Å². The summed E-state index contributed by atoms with van der Waals surface area (Å²) in [5.74, 6) is 0.690. The van der Waals surface area contributed by atoms with Crippen molar-refractivity contribution < 1.29 is 14.5 Å². The van der Waals surface area contributed by atoms with Crippen molar-refractivity contribution in [3.8, 4) is 5.75 Å². The molecule has 0 saturated heterocycles. The van der Waals surface area contributed by atoms with E-state index in [9.17, 15) is 19.7 Å². The van der Waals surface area contributed by atoms with Crippen molar-refractivity contribution in [3.05, 3.63) is 101 Å². The van der Waals surface area contributed by atoms with E-state index in [1.165, 1.54) is 23.5 Å². The van der Waals surface area contributed by atoms with Gasteiger partial charge in [0, 0.05) is 24.1 Å². The van der Waals surface area contributed by atoms with Crippen LogP contribution in [0.4, 0.5) is 5.69 Å². The van der Waals surface area contributed by atoms with Gasteiger partial charge in [-0.05, 0) is 42.2 Å². The predicted octanol–water partition coefficient (Wildman–Crippen LogP) is 2.89. The molecule has 2 heterocycles. The molecule has 0 saturated carbocycles. The number of carbonyl (C=O) groups is 1. The maximum atomic E-state index is 13.5. The standard InChI is InChI=1S/C24H19N3O5S/c1-32-17-10-8-15(9-11-17)22-21-18(6-3-7-19(21)28)25-24-26(22)23(29)20(33-24)13-14-4-2-5-16(12-14)27(30)31/h2,4-5,8-13,22H,3,6-7H2,1H3. The summed E-state index contributed by atoms with van der Waals surface area (Å²) in [6.45, 7) is 0. The molecule has 5 rings (SSSR count). The van der Waals surface area contributed by atoms with Gasteiger partial charge in [0.25, 0.3) is 11.2 Å². The van der Waals surface area contributed by atoms with Gasteiger partial charge in [-0.15, -0.1) is 0 Å². The highest BCUT2D eigenvalue weighted by molar-refractivity contribution is 7.07. The highest BCUT2D eigenvalue weighted by atomic mass is 32.1. The van der Waals surface area contributed by atoms with E-state index in [1.807, 2.05) is 24.3 Å². The predicted molar refractivity (Wildman–Crippen MR) is 123 cm³/mol. The molecule has 166 valence electrons. The number of nitrogens with zero attached hydrogens (tertiary/aromatic N) is 3. The first-order valence-corrected chi connectivity index (χ1v) is 11.2. The van der Waals surface area contributed by atoms with Crippen molar-refractivity contribution in [2.24, 2.45) is 4.99 Å². The summed E-state index contributed by atoms with van der Waals surface area (Å²) >= 11 is 1.22. The molecule has 1 aliphatic carbocycles. The van der Waals surface area contributed by atoms with Gasteiger partial charge in [0.1, 0.15) is 5.75 Å². The molecule has 2 aromatic carbocycles. The van der Waals surface area contributed by atoms with Crippen LogP contribution in [0.25, 0.3) is 6.08 Å². The largest absolute Gasteiger partial charge is 0.497 e. The average molecular weight is 461 g/mol. The summed E-state index contributed by atoms with van der Waals surface area (Å²) in [4.78, 5) is 42.3. The molecule has 2 aliphatic rings. The molecule has 1 atom stereocenters. The second kappa shape index (κ2) is 8.25. The minimum absolute atomic E-state index is 0.00813. The van der Waals surface area contributed by atoms with Gasteiger partial charge < -0.3 is 4.74 Å². The van der Waals surface area contributed by atoms with Crippen molar-refractivity contribution in [1.82, 2.24) is 4.57 Å². The Balaban J connectivity index is 1.72. The molecule has 0 fully saturated rings. The number of non-ortho nitro benzene ring substituents is 1. The van der Waals surface area contributed by atoms with Gasteiger partial charge >= 0.3 is 0 Å². The van der Waals surface area contributed by atoms with Crippen LogP contribution in [0.15, 0.2) is 69.6 Å². The summed E-state index contributed by atoms with van der Waals surface area (Å²) in [6, 6.07) is 12.9. The third-order valence-electron chi connectivity index (χ3n) is 5.84. The summed E-state index contributed by atoms with van der Waals surface area (Å²) in [5, 5.41) is 11.1. The number of ketones is 1. The van der Waals surface area contributed by atoms with Gasteiger partial charge in [-0.3, -0.25) is 24.3 Å². The fourth-order valence-corrected chi connectivity index (χ4v) is 5.31. The molecule has 1 aliphatic heterocycles. The monoisotopic (exact) mass is 461 g/mol. The zero-order valence-corrected chi connectivity index (χ0v) is 18.5. The number of allylic oxidation sites excluding steroid dienone is 2. The number of fused-ring (bicyclic) bond motifs is 1. The molecule has 8 nitrogen and oxygen atoms in total. The van der Waals surface area contributed by atoms with Gasteiger partial charge in [-0.25, -0.2) is 4.99 Å². The first-order valence-electron chi connectivity index (χ1n) is 10.4. The lowest BCUT2D eigenvalue weighted by atomic mass is 9.86. The van der Waals surface area contributed by atoms with Crippen LogP contribution in [-0.2, 0) is 4.79 Å². The number of Topliss-reactive ketones (excluding diaryl/α,β-unsaturated/α-hetero) is 1. The van der Waals surface area contributed by atoms with Gasteiger partial charge in [-0.1, -0.05) is 35.6 Å². The summed E-state index contributed by atoms with van der Waals surface area (Å²) < 4.78 is 7.23. The SMILES string of the molecule is COc1ccc(C2C3=C(CCCC3=O)N=c3sc(=Cc4cccc([N+](=O)[O-])c4)c(=O)n32)cc1. The molecule has 0 amide bonds. The second-order valence-corrected chi connectivity index (χ2v) is 8.85. The summed E-state index contributed by atoms with van der Waals surface area (Å²) in [6.07, 6.45) is 3.48. The van der Waals surface area contributed by atoms with Gasteiger partial charge in [-0.2, -0.15) is 0 Å². The fraction of sp³-hybridized carbons (Fsp3) is 0.208. The Morgan fingerprint density at radius 3 is 2.70 bits per heavy atom. The Kier molecular flexibility index (Phi) is 5.26. The second-order valence-electron chi connectivity index (χ2n) is 7.85.